The Bertz CT molecular complexity index is 786. The van der Waals surface area contributed by atoms with Crippen molar-refractivity contribution in [2.24, 2.45) is 17.3 Å². The summed E-state index contributed by atoms with van der Waals surface area (Å²) in [7, 11) is 0. The largest absolute Gasteiger partial charge is 0.463 e. The molecule has 1 aliphatic rings. The molecule has 1 aromatic rings. The van der Waals surface area contributed by atoms with E-state index in [-0.39, 0.29) is 30.2 Å². The van der Waals surface area contributed by atoms with E-state index < -0.39 is 35.5 Å². The normalized spacial score (nSPS) is 23.8. The number of nitrogens with two attached hydrogens (primary N) is 1. The smallest absolute Gasteiger partial charge is 0.351 e. The maximum Gasteiger partial charge on any atom is 0.351 e. The van der Waals surface area contributed by atoms with E-state index >= 15 is 0 Å². The number of hydrogen-bond acceptors (Lipinski definition) is 8. The summed E-state index contributed by atoms with van der Waals surface area (Å²) in [6.45, 7) is 10.5. The van der Waals surface area contributed by atoms with Gasteiger partial charge in [-0.3, -0.25) is 14.2 Å². The van der Waals surface area contributed by atoms with Crippen molar-refractivity contribution in [3.8, 4) is 0 Å². The van der Waals surface area contributed by atoms with Gasteiger partial charge in [0.25, 0.3) is 0 Å². The summed E-state index contributed by atoms with van der Waals surface area (Å²) in [5, 5.41) is 0. The van der Waals surface area contributed by atoms with Crippen LogP contribution >= 0.6 is 0 Å². The fourth-order valence-electron chi connectivity index (χ4n) is 3.01. The molecular formula is C19H29N3O6. The number of nitrogens with zero attached hydrogens (tertiary/aromatic N) is 2. The highest BCUT2D eigenvalue weighted by Gasteiger charge is 2.54. The molecule has 3 atom stereocenters. The Morgan fingerprint density at radius 3 is 2.39 bits per heavy atom. The van der Waals surface area contributed by atoms with Gasteiger partial charge in [-0.25, -0.2) is 4.79 Å². The van der Waals surface area contributed by atoms with E-state index in [4.69, 9.17) is 19.9 Å². The molecule has 9 nitrogen and oxygen atoms in total. The summed E-state index contributed by atoms with van der Waals surface area (Å²) in [5.41, 5.74) is 4.20. The molecule has 0 saturated carbocycles. The highest BCUT2D eigenvalue weighted by molar-refractivity contribution is 5.72. The number of hydrogen-bond donors (Lipinski definition) is 1. The minimum atomic E-state index is -0.791. The van der Waals surface area contributed by atoms with Gasteiger partial charge in [0.1, 0.15) is 30.9 Å². The molecule has 0 amide bonds. The summed E-state index contributed by atoms with van der Waals surface area (Å²) in [6, 6.07) is 1.49. The molecule has 2 heterocycles. The average molecular weight is 395 g/mol. The molecule has 2 N–H and O–H groups in total. The third kappa shape index (κ3) is 4.52. The van der Waals surface area contributed by atoms with E-state index in [0.29, 0.717) is 0 Å². The lowest BCUT2D eigenvalue weighted by atomic mass is 9.84. The zero-order valence-corrected chi connectivity index (χ0v) is 17.2. The number of aromatic nitrogens is 2. The van der Waals surface area contributed by atoms with Crippen LogP contribution in [0.3, 0.4) is 0 Å². The molecule has 1 fully saturated rings. The predicted molar refractivity (Wildman–Crippen MR) is 101 cm³/mol. The Hall–Kier alpha value is -2.42. The summed E-state index contributed by atoms with van der Waals surface area (Å²) >= 11 is 0. The van der Waals surface area contributed by atoms with E-state index in [1.54, 1.807) is 27.7 Å². The minimum Gasteiger partial charge on any atom is -0.463 e. The van der Waals surface area contributed by atoms with Gasteiger partial charge < -0.3 is 19.9 Å². The SMILES string of the molecule is CC(C)C(=O)OC[C@H]1O[C@@H](n2ccc(N)nc2=O)C(C)(C)C1OC(=O)C(C)C. The third-order valence-electron chi connectivity index (χ3n) is 4.69. The number of carbonyl (C=O) groups excluding carboxylic acids is 2. The monoisotopic (exact) mass is 395 g/mol. The second kappa shape index (κ2) is 8.30. The molecule has 9 heteroatoms. The van der Waals surface area contributed by atoms with Crippen LogP contribution in [0.5, 0.6) is 0 Å². The van der Waals surface area contributed by atoms with Crippen molar-refractivity contribution in [3.63, 3.8) is 0 Å². The average Bonchev–Trinajstić information content (AvgIpc) is 2.83. The lowest BCUT2D eigenvalue weighted by molar-refractivity contribution is -0.164. The minimum absolute atomic E-state index is 0.0931. The summed E-state index contributed by atoms with van der Waals surface area (Å²) in [6.07, 6.45) is -0.742. The van der Waals surface area contributed by atoms with Crippen LogP contribution < -0.4 is 11.4 Å². The van der Waals surface area contributed by atoms with Crippen molar-refractivity contribution in [1.82, 2.24) is 9.55 Å². The first-order valence-corrected chi connectivity index (χ1v) is 9.32. The van der Waals surface area contributed by atoms with E-state index in [0.717, 1.165) is 0 Å². The molecule has 1 saturated heterocycles. The highest BCUT2D eigenvalue weighted by atomic mass is 16.6. The summed E-state index contributed by atoms with van der Waals surface area (Å²) < 4.78 is 18.3. The Morgan fingerprint density at radius 1 is 1.25 bits per heavy atom. The first kappa shape index (κ1) is 21.9. The van der Waals surface area contributed by atoms with Crippen molar-refractivity contribution >= 4 is 17.8 Å². The fourth-order valence-corrected chi connectivity index (χ4v) is 3.01. The Morgan fingerprint density at radius 2 is 1.86 bits per heavy atom. The second-order valence-corrected chi connectivity index (χ2v) is 8.19. The maximum atomic E-state index is 12.3. The van der Waals surface area contributed by atoms with Crippen molar-refractivity contribution in [2.75, 3.05) is 12.3 Å². The summed E-state index contributed by atoms with van der Waals surface area (Å²) in [4.78, 5) is 40.2. The van der Waals surface area contributed by atoms with Gasteiger partial charge in [-0.2, -0.15) is 4.98 Å². The van der Waals surface area contributed by atoms with E-state index in [2.05, 4.69) is 4.98 Å². The molecule has 0 bridgehead atoms. The van der Waals surface area contributed by atoms with Gasteiger partial charge in [0.05, 0.1) is 11.8 Å². The third-order valence-corrected chi connectivity index (χ3v) is 4.69. The van der Waals surface area contributed by atoms with Gasteiger partial charge in [-0.05, 0) is 6.07 Å². The maximum absolute atomic E-state index is 12.3. The Balaban J connectivity index is 2.34. The summed E-state index contributed by atoms with van der Waals surface area (Å²) in [5.74, 6) is -1.32. The number of nitrogen functional groups attached to an aromatic ring is 1. The van der Waals surface area contributed by atoms with Crippen molar-refractivity contribution < 1.29 is 23.8 Å². The van der Waals surface area contributed by atoms with E-state index in [1.807, 2.05) is 13.8 Å². The van der Waals surface area contributed by atoms with Crippen molar-refractivity contribution in [2.45, 2.75) is 60.0 Å². The second-order valence-electron chi connectivity index (χ2n) is 8.19. The number of carbonyl (C=O) groups is 2. The zero-order valence-electron chi connectivity index (χ0n) is 17.2. The van der Waals surface area contributed by atoms with E-state index in [1.165, 1.54) is 16.8 Å². The first-order valence-electron chi connectivity index (χ1n) is 9.32. The molecule has 0 radical (unpaired) electrons. The molecular weight excluding hydrogens is 366 g/mol. The lowest BCUT2D eigenvalue weighted by Crippen LogP contribution is -2.42. The van der Waals surface area contributed by atoms with Gasteiger partial charge in [0, 0.05) is 11.6 Å². The standard InChI is InChI=1S/C19H29N3O6/c1-10(2)15(23)26-9-12-14(28-16(24)11(3)4)19(5,6)17(27-12)22-8-7-13(20)21-18(22)25/h7-8,10-12,14,17H,9H2,1-6H3,(H2,20,21,25)/t12-,14?,17-/m1/s1. The van der Waals surface area contributed by atoms with Crippen LogP contribution in [-0.4, -0.2) is 40.3 Å². The molecule has 0 aliphatic carbocycles. The van der Waals surface area contributed by atoms with E-state index in [9.17, 15) is 14.4 Å². The van der Waals surface area contributed by atoms with Gasteiger partial charge in [-0.1, -0.05) is 41.5 Å². The molecule has 2 rings (SSSR count). The van der Waals surface area contributed by atoms with Gasteiger partial charge in [0.2, 0.25) is 0 Å². The van der Waals surface area contributed by atoms with Crippen LogP contribution in [-0.2, 0) is 23.8 Å². The molecule has 156 valence electrons. The van der Waals surface area contributed by atoms with Crippen LogP contribution in [0, 0.1) is 17.3 Å². The van der Waals surface area contributed by atoms with Gasteiger partial charge >= 0.3 is 17.6 Å². The van der Waals surface area contributed by atoms with Gasteiger partial charge in [0.15, 0.2) is 0 Å². The van der Waals surface area contributed by atoms with Crippen LogP contribution in [0.2, 0.25) is 0 Å². The van der Waals surface area contributed by atoms with Crippen LogP contribution in [0.25, 0.3) is 0 Å². The molecule has 28 heavy (non-hydrogen) atoms. The van der Waals surface area contributed by atoms with Gasteiger partial charge in [-0.15, -0.1) is 0 Å². The number of anilines is 1. The topological polar surface area (TPSA) is 123 Å². The van der Waals surface area contributed by atoms with Crippen molar-refractivity contribution in [3.05, 3.63) is 22.7 Å². The van der Waals surface area contributed by atoms with Crippen molar-refractivity contribution in [1.29, 1.82) is 0 Å². The first-order chi connectivity index (χ1) is 12.9. The number of ether oxygens (including phenoxy) is 3. The number of rotatable bonds is 6. The molecule has 1 unspecified atom stereocenters. The Kier molecular flexibility index (Phi) is 6.48. The fraction of sp³-hybridized carbons (Fsp3) is 0.684. The van der Waals surface area contributed by atoms with Crippen LogP contribution in [0.15, 0.2) is 17.1 Å². The molecule has 1 aromatic heterocycles. The zero-order chi connectivity index (χ0) is 21.2. The Labute approximate surface area is 164 Å². The molecule has 0 aromatic carbocycles. The van der Waals surface area contributed by atoms with Crippen LogP contribution in [0.4, 0.5) is 5.82 Å². The number of esters is 2. The molecule has 0 spiro atoms. The van der Waals surface area contributed by atoms with Crippen LogP contribution in [0.1, 0.15) is 47.8 Å². The lowest BCUT2D eigenvalue weighted by Gasteiger charge is -2.31. The predicted octanol–water partition coefficient (Wildman–Crippen LogP) is 1.52. The quantitative estimate of drug-likeness (QED) is 0.719. The highest BCUT2D eigenvalue weighted by Crippen LogP contribution is 2.46. The molecule has 1 aliphatic heterocycles.